The molecule has 2 heterocycles. The minimum Gasteiger partial charge on any atom is -0.356 e. The van der Waals surface area contributed by atoms with Crippen LogP contribution in [0.2, 0.25) is 0 Å². The summed E-state index contributed by atoms with van der Waals surface area (Å²) < 4.78 is 0. The zero-order valence-electron chi connectivity index (χ0n) is 15.4. The number of hydrogen-bond acceptors (Lipinski definition) is 4. The van der Waals surface area contributed by atoms with Crippen molar-refractivity contribution in [3.05, 3.63) is 18.5 Å². The van der Waals surface area contributed by atoms with Crippen molar-refractivity contribution in [1.29, 1.82) is 0 Å². The van der Waals surface area contributed by atoms with Crippen LogP contribution in [0.15, 0.2) is 23.5 Å². The molecule has 6 heteroatoms. The van der Waals surface area contributed by atoms with Crippen molar-refractivity contribution in [2.45, 2.75) is 39.5 Å². The maximum Gasteiger partial charge on any atom is 0.225 e. The number of unbranched alkanes of at least 4 members (excludes halogenated alkanes) is 1. The number of anilines is 1. The van der Waals surface area contributed by atoms with E-state index in [0.717, 1.165) is 50.5 Å². The third-order valence-corrected chi connectivity index (χ3v) is 4.72. The van der Waals surface area contributed by atoms with Gasteiger partial charge in [-0.25, -0.2) is 9.97 Å². The lowest BCUT2D eigenvalue weighted by Gasteiger charge is -2.36. The van der Waals surface area contributed by atoms with Crippen molar-refractivity contribution in [3.8, 4) is 0 Å². The number of aromatic nitrogens is 2. The molecule has 0 amide bonds. The Labute approximate surface area is 146 Å². The molecule has 1 fully saturated rings. The van der Waals surface area contributed by atoms with Crippen LogP contribution in [-0.4, -0.2) is 60.6 Å². The average molecular weight is 332 g/mol. The molecule has 0 aromatic carbocycles. The number of guanidine groups is 1. The molecule has 1 aliphatic rings. The summed E-state index contributed by atoms with van der Waals surface area (Å²) in [5.74, 6) is 2.59. The van der Waals surface area contributed by atoms with Gasteiger partial charge in [-0.2, -0.15) is 0 Å². The molecule has 24 heavy (non-hydrogen) atoms. The lowest BCUT2D eigenvalue weighted by molar-refractivity contribution is 0.361. The van der Waals surface area contributed by atoms with Crippen molar-refractivity contribution < 1.29 is 0 Å². The van der Waals surface area contributed by atoms with Gasteiger partial charge in [-0.05, 0) is 18.4 Å². The van der Waals surface area contributed by atoms with E-state index in [0.29, 0.717) is 0 Å². The van der Waals surface area contributed by atoms with E-state index in [2.05, 4.69) is 43.9 Å². The number of nitrogens with one attached hydrogen (secondary N) is 1. The molecule has 1 aromatic heterocycles. The molecule has 1 atom stereocenters. The van der Waals surface area contributed by atoms with Gasteiger partial charge >= 0.3 is 0 Å². The van der Waals surface area contributed by atoms with E-state index in [1.807, 2.05) is 13.1 Å². The van der Waals surface area contributed by atoms with Gasteiger partial charge in [0.25, 0.3) is 0 Å². The highest BCUT2D eigenvalue weighted by Gasteiger charge is 2.21. The fourth-order valence-electron chi connectivity index (χ4n) is 3.08. The van der Waals surface area contributed by atoms with Crippen molar-refractivity contribution in [3.63, 3.8) is 0 Å². The molecular weight excluding hydrogens is 300 g/mol. The highest BCUT2D eigenvalue weighted by Crippen LogP contribution is 2.12. The maximum absolute atomic E-state index is 4.48. The summed E-state index contributed by atoms with van der Waals surface area (Å²) in [6, 6.07) is 1.86. The Morgan fingerprint density at radius 3 is 2.50 bits per heavy atom. The van der Waals surface area contributed by atoms with Gasteiger partial charge in [0.2, 0.25) is 5.95 Å². The Kier molecular flexibility index (Phi) is 7.79. The van der Waals surface area contributed by atoms with Crippen LogP contribution in [0.1, 0.15) is 39.5 Å². The molecule has 0 bridgehead atoms. The standard InChI is InChI=1S/C18H32N6/c1-4-6-8-16(5-2)15-22-17(19-3)23-11-13-24(14-12-23)18-20-9-7-10-21-18/h7,9-10,16H,4-6,8,11-15H2,1-3H3,(H,19,22). The first-order valence-corrected chi connectivity index (χ1v) is 9.26. The molecule has 1 aromatic rings. The molecule has 0 aliphatic carbocycles. The smallest absolute Gasteiger partial charge is 0.225 e. The van der Waals surface area contributed by atoms with Crippen molar-refractivity contribution in [2.75, 3.05) is 44.7 Å². The maximum atomic E-state index is 4.48. The van der Waals surface area contributed by atoms with Gasteiger partial charge in [0.15, 0.2) is 5.96 Å². The van der Waals surface area contributed by atoms with Crippen LogP contribution in [0.5, 0.6) is 0 Å². The Hall–Kier alpha value is -1.85. The molecular formula is C18H32N6. The number of piperazine rings is 1. The van der Waals surface area contributed by atoms with Crippen LogP contribution in [0.25, 0.3) is 0 Å². The third kappa shape index (κ3) is 5.35. The van der Waals surface area contributed by atoms with Gasteiger partial charge in [-0.3, -0.25) is 4.99 Å². The zero-order chi connectivity index (χ0) is 17.2. The first-order chi connectivity index (χ1) is 11.8. The number of aliphatic imine (C=N–C) groups is 1. The fraction of sp³-hybridized carbons (Fsp3) is 0.722. The molecule has 1 N–H and O–H groups in total. The summed E-state index contributed by atoms with van der Waals surface area (Å²) >= 11 is 0. The summed E-state index contributed by atoms with van der Waals surface area (Å²) in [4.78, 5) is 17.7. The van der Waals surface area contributed by atoms with E-state index in [9.17, 15) is 0 Å². The third-order valence-electron chi connectivity index (χ3n) is 4.72. The molecule has 1 aliphatic heterocycles. The summed E-state index contributed by atoms with van der Waals surface area (Å²) in [5.41, 5.74) is 0. The van der Waals surface area contributed by atoms with Gasteiger partial charge in [-0.15, -0.1) is 0 Å². The number of hydrogen-bond donors (Lipinski definition) is 1. The van der Waals surface area contributed by atoms with E-state index in [4.69, 9.17) is 0 Å². The lowest BCUT2D eigenvalue weighted by Crippen LogP contribution is -2.53. The monoisotopic (exact) mass is 332 g/mol. The summed E-state index contributed by atoms with van der Waals surface area (Å²) in [6.45, 7) is 9.31. The highest BCUT2D eigenvalue weighted by atomic mass is 15.4. The number of nitrogens with zero attached hydrogens (tertiary/aromatic N) is 5. The first-order valence-electron chi connectivity index (χ1n) is 9.26. The minimum absolute atomic E-state index is 0.737. The second kappa shape index (κ2) is 10.1. The van der Waals surface area contributed by atoms with Crippen LogP contribution in [-0.2, 0) is 0 Å². The van der Waals surface area contributed by atoms with Crippen LogP contribution in [0.4, 0.5) is 5.95 Å². The fourth-order valence-corrected chi connectivity index (χ4v) is 3.08. The summed E-state index contributed by atoms with van der Waals surface area (Å²) in [6.07, 6.45) is 8.72. The topological polar surface area (TPSA) is 56.7 Å². The van der Waals surface area contributed by atoms with E-state index < -0.39 is 0 Å². The van der Waals surface area contributed by atoms with E-state index >= 15 is 0 Å². The van der Waals surface area contributed by atoms with Gasteiger partial charge in [0.05, 0.1) is 0 Å². The molecule has 1 saturated heterocycles. The molecule has 1 unspecified atom stereocenters. The molecule has 0 saturated carbocycles. The van der Waals surface area contributed by atoms with Gasteiger partial charge in [-0.1, -0.05) is 33.1 Å². The SMILES string of the molecule is CCCCC(CC)CNC(=NC)N1CCN(c2ncccn2)CC1. The lowest BCUT2D eigenvalue weighted by atomic mass is 9.99. The Morgan fingerprint density at radius 2 is 1.92 bits per heavy atom. The molecule has 6 nitrogen and oxygen atoms in total. The molecule has 0 radical (unpaired) electrons. The largest absolute Gasteiger partial charge is 0.356 e. The minimum atomic E-state index is 0.737. The second-order valence-electron chi connectivity index (χ2n) is 6.37. The van der Waals surface area contributed by atoms with Crippen molar-refractivity contribution in [2.24, 2.45) is 10.9 Å². The van der Waals surface area contributed by atoms with Gasteiger partial charge in [0, 0.05) is 52.2 Å². The normalized spacial score (nSPS) is 17.0. The molecule has 134 valence electrons. The van der Waals surface area contributed by atoms with Crippen LogP contribution < -0.4 is 10.2 Å². The van der Waals surface area contributed by atoms with E-state index in [1.165, 1.54) is 25.7 Å². The summed E-state index contributed by atoms with van der Waals surface area (Å²) in [7, 11) is 1.88. The quantitative estimate of drug-likeness (QED) is 0.614. The zero-order valence-corrected chi connectivity index (χ0v) is 15.4. The first kappa shape index (κ1) is 18.5. The van der Waals surface area contributed by atoms with Crippen molar-refractivity contribution >= 4 is 11.9 Å². The average Bonchev–Trinajstić information content (AvgIpc) is 2.66. The highest BCUT2D eigenvalue weighted by molar-refractivity contribution is 5.80. The Bertz CT molecular complexity index is 482. The number of rotatable bonds is 7. The van der Waals surface area contributed by atoms with Crippen LogP contribution in [0.3, 0.4) is 0 Å². The summed E-state index contributed by atoms with van der Waals surface area (Å²) in [5, 5.41) is 3.58. The predicted octanol–water partition coefficient (Wildman–Crippen LogP) is 2.39. The van der Waals surface area contributed by atoms with E-state index in [-0.39, 0.29) is 0 Å². The van der Waals surface area contributed by atoms with Crippen LogP contribution in [0, 0.1) is 5.92 Å². The Morgan fingerprint density at radius 1 is 1.21 bits per heavy atom. The Balaban J connectivity index is 1.80. The van der Waals surface area contributed by atoms with Gasteiger partial charge in [0.1, 0.15) is 0 Å². The van der Waals surface area contributed by atoms with Gasteiger partial charge < -0.3 is 15.1 Å². The molecule has 0 spiro atoms. The van der Waals surface area contributed by atoms with Crippen molar-refractivity contribution in [1.82, 2.24) is 20.2 Å². The molecule has 2 rings (SSSR count). The second-order valence-corrected chi connectivity index (χ2v) is 6.37. The van der Waals surface area contributed by atoms with E-state index in [1.54, 1.807) is 12.4 Å². The van der Waals surface area contributed by atoms with Crippen LogP contribution >= 0.6 is 0 Å². The predicted molar refractivity (Wildman–Crippen MR) is 100 cm³/mol.